The minimum absolute atomic E-state index is 0.0859. The Kier molecular flexibility index (Phi) is 4.97. The molecule has 0 saturated carbocycles. The van der Waals surface area contributed by atoms with Crippen LogP contribution in [0.5, 0.6) is 0 Å². The third kappa shape index (κ3) is 3.65. The van der Waals surface area contributed by atoms with Gasteiger partial charge in [-0.1, -0.05) is 25.9 Å². The number of carbonyl (C=O) groups excluding carboxylic acids is 2. The fraction of sp³-hybridized carbons (Fsp3) is 0.688. The van der Waals surface area contributed by atoms with Gasteiger partial charge in [-0.2, -0.15) is 0 Å². The van der Waals surface area contributed by atoms with Crippen molar-refractivity contribution >= 4 is 12.0 Å². The van der Waals surface area contributed by atoms with Crippen molar-refractivity contribution in [1.29, 1.82) is 0 Å². The van der Waals surface area contributed by atoms with E-state index in [1.54, 1.807) is 23.6 Å². The summed E-state index contributed by atoms with van der Waals surface area (Å²) in [4.78, 5) is 27.9. The van der Waals surface area contributed by atoms with Crippen molar-refractivity contribution in [2.45, 2.75) is 40.0 Å². The van der Waals surface area contributed by atoms with Crippen LogP contribution in [0.4, 0.5) is 4.79 Å². The van der Waals surface area contributed by atoms with Crippen LogP contribution in [-0.4, -0.2) is 59.7 Å². The Morgan fingerprint density at radius 1 is 1.17 bits per heavy atom. The van der Waals surface area contributed by atoms with Crippen molar-refractivity contribution in [3.63, 3.8) is 0 Å². The van der Waals surface area contributed by atoms with Gasteiger partial charge in [0.05, 0.1) is 6.61 Å². The molecule has 1 aromatic rings. The summed E-state index contributed by atoms with van der Waals surface area (Å²) in [5.41, 5.74) is 0.949. The van der Waals surface area contributed by atoms with E-state index in [4.69, 9.17) is 9.26 Å². The molecule has 0 radical (unpaired) electrons. The molecule has 2 heterocycles. The molecule has 0 spiro atoms. The van der Waals surface area contributed by atoms with Crippen molar-refractivity contribution < 1.29 is 18.8 Å². The number of nitrogens with zero attached hydrogens (tertiary/aromatic N) is 3. The molecule has 0 atom stereocenters. The summed E-state index contributed by atoms with van der Waals surface area (Å²) >= 11 is 0. The molecule has 23 heavy (non-hydrogen) atoms. The number of carbonyl (C=O) groups is 2. The molecule has 0 N–H and O–H groups in total. The Morgan fingerprint density at radius 3 is 2.26 bits per heavy atom. The first-order chi connectivity index (χ1) is 10.8. The zero-order chi connectivity index (χ0) is 17.2. The fourth-order valence-electron chi connectivity index (χ4n) is 2.60. The number of aryl methyl sites for hydroxylation is 1. The normalized spacial score (nSPS) is 15.7. The van der Waals surface area contributed by atoms with Crippen molar-refractivity contribution in [1.82, 2.24) is 15.0 Å². The van der Waals surface area contributed by atoms with Gasteiger partial charge in [-0.15, -0.1) is 0 Å². The van der Waals surface area contributed by atoms with Crippen LogP contribution < -0.4 is 0 Å². The third-order valence-electron chi connectivity index (χ3n) is 3.88. The topological polar surface area (TPSA) is 75.9 Å². The van der Waals surface area contributed by atoms with E-state index in [2.05, 4.69) is 5.16 Å². The van der Waals surface area contributed by atoms with Gasteiger partial charge in [-0.25, -0.2) is 4.79 Å². The largest absolute Gasteiger partial charge is 0.450 e. The predicted molar refractivity (Wildman–Crippen MR) is 84.4 cm³/mol. The molecular formula is C16H25N3O4. The smallest absolute Gasteiger partial charge is 0.409 e. The summed E-state index contributed by atoms with van der Waals surface area (Å²) < 4.78 is 10.2. The van der Waals surface area contributed by atoms with E-state index in [0.717, 1.165) is 0 Å². The number of hydrogen-bond donors (Lipinski definition) is 0. The second-order valence-electron chi connectivity index (χ2n) is 6.69. The maximum Gasteiger partial charge on any atom is 0.409 e. The van der Waals surface area contributed by atoms with E-state index in [0.29, 0.717) is 49.8 Å². The maximum absolute atomic E-state index is 12.8. The summed E-state index contributed by atoms with van der Waals surface area (Å²) in [6.45, 7) is 11.8. The number of aromatic nitrogens is 1. The molecule has 1 aliphatic heterocycles. The van der Waals surface area contributed by atoms with Gasteiger partial charge >= 0.3 is 6.09 Å². The predicted octanol–water partition coefficient (Wildman–Crippen LogP) is 2.19. The highest BCUT2D eigenvalue weighted by molar-refractivity contribution is 5.96. The molecule has 0 unspecified atom stereocenters. The van der Waals surface area contributed by atoms with E-state index in [9.17, 15) is 9.59 Å². The van der Waals surface area contributed by atoms with Crippen LogP contribution in [0.25, 0.3) is 0 Å². The van der Waals surface area contributed by atoms with Gasteiger partial charge in [0.25, 0.3) is 5.91 Å². The number of amides is 2. The molecule has 1 aromatic heterocycles. The van der Waals surface area contributed by atoms with Gasteiger partial charge in [0.1, 0.15) is 17.0 Å². The van der Waals surface area contributed by atoms with Crippen LogP contribution in [0.1, 0.15) is 49.5 Å². The molecule has 2 amide bonds. The lowest BCUT2D eigenvalue weighted by atomic mass is 9.88. The van der Waals surface area contributed by atoms with Gasteiger partial charge in [0.2, 0.25) is 0 Å². The van der Waals surface area contributed by atoms with Crippen LogP contribution in [0.15, 0.2) is 4.52 Å². The van der Waals surface area contributed by atoms with Gasteiger partial charge in [0.15, 0.2) is 0 Å². The van der Waals surface area contributed by atoms with Crippen molar-refractivity contribution in [3.8, 4) is 0 Å². The minimum atomic E-state index is -0.323. The molecule has 1 aliphatic rings. The van der Waals surface area contributed by atoms with Crippen LogP contribution in [0, 0.1) is 6.92 Å². The molecular weight excluding hydrogens is 298 g/mol. The zero-order valence-corrected chi connectivity index (χ0v) is 14.5. The van der Waals surface area contributed by atoms with Crippen LogP contribution >= 0.6 is 0 Å². The SMILES string of the molecule is CCOC(=O)N1CCN(C(=O)c2c(C(C)(C)C)noc2C)CC1. The Bertz CT molecular complexity index is 581. The quantitative estimate of drug-likeness (QED) is 0.834. The average molecular weight is 323 g/mol. The molecule has 128 valence electrons. The molecule has 1 saturated heterocycles. The van der Waals surface area contributed by atoms with E-state index >= 15 is 0 Å². The summed E-state index contributed by atoms with van der Waals surface area (Å²) in [6.07, 6.45) is -0.323. The van der Waals surface area contributed by atoms with E-state index in [1.165, 1.54) is 0 Å². The van der Waals surface area contributed by atoms with Crippen molar-refractivity contribution in [2.75, 3.05) is 32.8 Å². The zero-order valence-electron chi connectivity index (χ0n) is 14.5. The Labute approximate surface area is 136 Å². The molecule has 7 heteroatoms. The lowest BCUT2D eigenvalue weighted by Gasteiger charge is -2.34. The van der Waals surface area contributed by atoms with Gasteiger partial charge in [-0.05, 0) is 13.8 Å². The summed E-state index contributed by atoms with van der Waals surface area (Å²) in [5.74, 6) is 0.449. The first kappa shape index (κ1) is 17.3. The monoisotopic (exact) mass is 323 g/mol. The molecule has 1 fully saturated rings. The van der Waals surface area contributed by atoms with Crippen LogP contribution in [0.2, 0.25) is 0 Å². The van der Waals surface area contributed by atoms with E-state index in [-0.39, 0.29) is 17.4 Å². The first-order valence-corrected chi connectivity index (χ1v) is 7.93. The summed E-state index contributed by atoms with van der Waals surface area (Å²) in [7, 11) is 0. The molecule has 0 bridgehead atoms. The highest BCUT2D eigenvalue weighted by Gasteiger charge is 2.33. The maximum atomic E-state index is 12.8. The molecule has 0 aliphatic carbocycles. The average Bonchev–Trinajstić information content (AvgIpc) is 2.89. The number of hydrogen-bond acceptors (Lipinski definition) is 5. The van der Waals surface area contributed by atoms with Crippen molar-refractivity contribution in [3.05, 3.63) is 17.0 Å². The summed E-state index contributed by atoms with van der Waals surface area (Å²) in [5, 5.41) is 4.06. The second-order valence-corrected chi connectivity index (χ2v) is 6.69. The molecule has 2 rings (SSSR count). The second kappa shape index (κ2) is 6.60. The van der Waals surface area contributed by atoms with Gasteiger partial charge in [-0.3, -0.25) is 4.79 Å². The Morgan fingerprint density at radius 2 is 1.74 bits per heavy atom. The minimum Gasteiger partial charge on any atom is -0.450 e. The lowest BCUT2D eigenvalue weighted by Crippen LogP contribution is -2.51. The van der Waals surface area contributed by atoms with E-state index < -0.39 is 0 Å². The lowest BCUT2D eigenvalue weighted by molar-refractivity contribution is 0.0567. The first-order valence-electron chi connectivity index (χ1n) is 7.93. The number of ether oxygens (including phenoxy) is 1. The highest BCUT2D eigenvalue weighted by Crippen LogP contribution is 2.28. The standard InChI is InChI=1S/C16H25N3O4/c1-6-22-15(21)19-9-7-18(8-10-19)14(20)12-11(2)23-17-13(12)16(3,4)5/h6-10H2,1-5H3. The number of rotatable bonds is 2. The van der Waals surface area contributed by atoms with Gasteiger partial charge in [0, 0.05) is 31.6 Å². The molecule has 0 aromatic carbocycles. The Balaban J connectivity index is 2.09. The Hall–Kier alpha value is -2.05. The summed E-state index contributed by atoms with van der Waals surface area (Å²) in [6, 6.07) is 0. The van der Waals surface area contributed by atoms with Crippen LogP contribution in [0.3, 0.4) is 0 Å². The van der Waals surface area contributed by atoms with Crippen LogP contribution in [-0.2, 0) is 10.2 Å². The number of piperazine rings is 1. The van der Waals surface area contributed by atoms with Crippen molar-refractivity contribution in [2.24, 2.45) is 0 Å². The fourth-order valence-corrected chi connectivity index (χ4v) is 2.60. The van der Waals surface area contributed by atoms with Gasteiger partial charge < -0.3 is 19.1 Å². The third-order valence-corrected chi connectivity index (χ3v) is 3.88. The molecule has 7 nitrogen and oxygen atoms in total. The highest BCUT2D eigenvalue weighted by atomic mass is 16.6. The van der Waals surface area contributed by atoms with E-state index in [1.807, 2.05) is 20.8 Å².